The van der Waals surface area contributed by atoms with Crippen LogP contribution in [0.3, 0.4) is 0 Å². The molecule has 1 fully saturated rings. The van der Waals surface area contributed by atoms with Gasteiger partial charge in [0.15, 0.2) is 0 Å². The van der Waals surface area contributed by atoms with Gasteiger partial charge >= 0.3 is 12.1 Å². The van der Waals surface area contributed by atoms with E-state index < -0.39 is 12.0 Å². The molecule has 1 rings (SSSR count). The largest absolute Gasteiger partial charge is 0.480 e. The number of hydrogen-bond donors (Lipinski definition) is 2. The Balaban J connectivity index is 2.37. The van der Waals surface area contributed by atoms with Crippen molar-refractivity contribution in [3.63, 3.8) is 0 Å². The Kier molecular flexibility index (Phi) is 4.96. The van der Waals surface area contributed by atoms with Crippen molar-refractivity contribution in [1.82, 2.24) is 4.90 Å². The van der Waals surface area contributed by atoms with Crippen LogP contribution in [0.15, 0.2) is 12.7 Å². The summed E-state index contributed by atoms with van der Waals surface area (Å²) in [6, 6.07) is -0.846. The van der Waals surface area contributed by atoms with Crippen LogP contribution in [-0.4, -0.2) is 47.8 Å². The first kappa shape index (κ1) is 13.5. The third kappa shape index (κ3) is 3.74. The number of carboxylic acids is 1. The van der Waals surface area contributed by atoms with E-state index in [0.29, 0.717) is 25.9 Å². The molecule has 0 aromatic carbocycles. The molecule has 17 heavy (non-hydrogen) atoms. The zero-order valence-electron chi connectivity index (χ0n) is 9.67. The van der Waals surface area contributed by atoms with Gasteiger partial charge in [-0.15, -0.1) is 0 Å². The van der Waals surface area contributed by atoms with Crippen LogP contribution in [0.25, 0.3) is 0 Å². The summed E-state index contributed by atoms with van der Waals surface area (Å²) in [7, 11) is 0. The minimum absolute atomic E-state index is 0.0732. The van der Waals surface area contributed by atoms with Crippen molar-refractivity contribution < 1.29 is 19.4 Å². The predicted octanol–water partition coefficient (Wildman–Crippen LogP) is 0.433. The second-order valence-electron chi connectivity index (χ2n) is 4.05. The van der Waals surface area contributed by atoms with Crippen molar-refractivity contribution in [1.29, 1.82) is 0 Å². The summed E-state index contributed by atoms with van der Waals surface area (Å²) < 4.78 is 4.90. The maximum atomic E-state index is 11.5. The number of piperidine rings is 1. The van der Waals surface area contributed by atoms with Gasteiger partial charge in [0.25, 0.3) is 0 Å². The van der Waals surface area contributed by atoms with Crippen LogP contribution in [0, 0.1) is 5.92 Å². The van der Waals surface area contributed by atoms with Crippen molar-refractivity contribution in [3.8, 4) is 0 Å². The third-order valence-electron chi connectivity index (χ3n) is 2.92. The molecule has 0 saturated carbocycles. The standard InChI is InChI=1S/C11H18N2O4/c1-2-7-17-11(16)13-5-3-8(4-6-13)9(12)10(14)15/h2,8-9H,1,3-7,12H2,(H,14,15)/t9-/m0/s1. The van der Waals surface area contributed by atoms with Gasteiger partial charge in [0.1, 0.15) is 12.6 Å². The molecule has 0 bridgehead atoms. The Hall–Kier alpha value is -1.56. The number of nitrogens with two attached hydrogens (primary N) is 1. The van der Waals surface area contributed by atoms with Gasteiger partial charge in [0.05, 0.1) is 0 Å². The molecule has 1 aliphatic heterocycles. The molecule has 1 amide bonds. The van der Waals surface area contributed by atoms with E-state index in [4.69, 9.17) is 15.6 Å². The molecule has 0 aromatic rings. The molecule has 6 heteroatoms. The number of carbonyl (C=O) groups excluding carboxylic acids is 1. The van der Waals surface area contributed by atoms with E-state index in [1.54, 1.807) is 4.90 Å². The molecule has 1 saturated heterocycles. The van der Waals surface area contributed by atoms with E-state index in [2.05, 4.69) is 6.58 Å². The Labute approximate surface area is 100 Å². The number of likely N-dealkylation sites (tertiary alicyclic amines) is 1. The fraction of sp³-hybridized carbons (Fsp3) is 0.636. The number of nitrogens with zero attached hydrogens (tertiary/aromatic N) is 1. The van der Waals surface area contributed by atoms with Crippen LogP contribution >= 0.6 is 0 Å². The first-order valence-corrected chi connectivity index (χ1v) is 5.57. The number of carboxylic acid groups (broad SMARTS) is 1. The first-order chi connectivity index (χ1) is 8.06. The molecule has 0 unspecified atom stereocenters. The highest BCUT2D eigenvalue weighted by Crippen LogP contribution is 2.20. The van der Waals surface area contributed by atoms with Gasteiger partial charge in [-0.1, -0.05) is 12.7 Å². The molecule has 0 aromatic heterocycles. The summed E-state index contributed by atoms with van der Waals surface area (Å²) in [5.74, 6) is -1.06. The lowest BCUT2D eigenvalue weighted by Crippen LogP contribution is -2.46. The van der Waals surface area contributed by atoms with Crippen LogP contribution in [0.2, 0.25) is 0 Å². The van der Waals surface area contributed by atoms with Crippen LogP contribution in [0.1, 0.15) is 12.8 Å². The fourth-order valence-corrected chi connectivity index (χ4v) is 1.86. The quantitative estimate of drug-likeness (QED) is 0.697. The van der Waals surface area contributed by atoms with E-state index in [1.807, 2.05) is 0 Å². The monoisotopic (exact) mass is 242 g/mol. The van der Waals surface area contributed by atoms with Crippen molar-refractivity contribution in [2.75, 3.05) is 19.7 Å². The van der Waals surface area contributed by atoms with Crippen LogP contribution in [-0.2, 0) is 9.53 Å². The average molecular weight is 242 g/mol. The van der Waals surface area contributed by atoms with Crippen molar-refractivity contribution in [2.45, 2.75) is 18.9 Å². The summed E-state index contributed by atoms with van der Waals surface area (Å²) >= 11 is 0. The first-order valence-electron chi connectivity index (χ1n) is 5.57. The molecular formula is C11H18N2O4. The highest BCUT2D eigenvalue weighted by molar-refractivity contribution is 5.73. The number of hydrogen-bond acceptors (Lipinski definition) is 4. The second kappa shape index (κ2) is 6.24. The fourth-order valence-electron chi connectivity index (χ4n) is 1.86. The molecule has 1 heterocycles. The van der Waals surface area contributed by atoms with Gasteiger partial charge < -0.3 is 20.5 Å². The summed E-state index contributed by atoms with van der Waals surface area (Å²) in [6.07, 6.45) is 2.31. The molecule has 1 aliphatic rings. The molecule has 96 valence electrons. The molecule has 0 radical (unpaired) electrons. The zero-order chi connectivity index (χ0) is 12.8. The Morgan fingerprint density at radius 3 is 2.59 bits per heavy atom. The minimum Gasteiger partial charge on any atom is -0.480 e. The highest BCUT2D eigenvalue weighted by Gasteiger charge is 2.30. The van der Waals surface area contributed by atoms with Crippen molar-refractivity contribution >= 4 is 12.1 Å². The predicted molar refractivity (Wildman–Crippen MR) is 61.5 cm³/mol. The van der Waals surface area contributed by atoms with E-state index in [0.717, 1.165) is 0 Å². The van der Waals surface area contributed by atoms with Crippen molar-refractivity contribution in [3.05, 3.63) is 12.7 Å². The summed E-state index contributed by atoms with van der Waals surface area (Å²) in [5.41, 5.74) is 5.55. The number of rotatable bonds is 4. The Bertz CT molecular complexity index is 298. The molecule has 3 N–H and O–H groups in total. The second-order valence-corrected chi connectivity index (χ2v) is 4.05. The lowest BCUT2D eigenvalue weighted by Gasteiger charge is -2.32. The highest BCUT2D eigenvalue weighted by atomic mass is 16.6. The third-order valence-corrected chi connectivity index (χ3v) is 2.92. The molecule has 0 spiro atoms. The smallest absolute Gasteiger partial charge is 0.410 e. The number of aliphatic carboxylic acids is 1. The van der Waals surface area contributed by atoms with Gasteiger partial charge in [-0.05, 0) is 18.8 Å². The summed E-state index contributed by atoms with van der Waals surface area (Å²) in [6.45, 7) is 4.62. The molecule has 6 nitrogen and oxygen atoms in total. The Morgan fingerprint density at radius 2 is 2.12 bits per heavy atom. The number of ether oxygens (including phenoxy) is 1. The van der Waals surface area contributed by atoms with E-state index in [-0.39, 0.29) is 18.6 Å². The molecule has 1 atom stereocenters. The minimum atomic E-state index is -0.988. The van der Waals surface area contributed by atoms with Crippen LogP contribution in [0.5, 0.6) is 0 Å². The SMILES string of the molecule is C=CCOC(=O)N1CCC([C@H](N)C(=O)O)CC1. The summed E-state index contributed by atoms with van der Waals surface area (Å²) in [5, 5.41) is 8.78. The van der Waals surface area contributed by atoms with E-state index in [9.17, 15) is 9.59 Å². The van der Waals surface area contributed by atoms with Crippen LogP contribution < -0.4 is 5.73 Å². The lowest BCUT2D eigenvalue weighted by molar-refractivity contribution is -0.140. The van der Waals surface area contributed by atoms with E-state index in [1.165, 1.54) is 6.08 Å². The average Bonchev–Trinajstić information content (AvgIpc) is 2.35. The number of amides is 1. The summed E-state index contributed by atoms with van der Waals surface area (Å²) in [4.78, 5) is 23.8. The Morgan fingerprint density at radius 1 is 1.53 bits per heavy atom. The van der Waals surface area contributed by atoms with Gasteiger partial charge in [0.2, 0.25) is 0 Å². The lowest BCUT2D eigenvalue weighted by atomic mass is 9.90. The van der Waals surface area contributed by atoms with Gasteiger partial charge in [0, 0.05) is 13.1 Å². The number of carbonyl (C=O) groups is 2. The van der Waals surface area contributed by atoms with Gasteiger partial charge in [-0.25, -0.2) is 4.79 Å². The maximum absolute atomic E-state index is 11.5. The zero-order valence-corrected chi connectivity index (χ0v) is 9.67. The topological polar surface area (TPSA) is 92.9 Å². The van der Waals surface area contributed by atoms with E-state index >= 15 is 0 Å². The van der Waals surface area contributed by atoms with Gasteiger partial charge in [-0.2, -0.15) is 0 Å². The molecule has 0 aliphatic carbocycles. The maximum Gasteiger partial charge on any atom is 0.410 e. The normalized spacial score (nSPS) is 18.5. The van der Waals surface area contributed by atoms with Crippen LogP contribution in [0.4, 0.5) is 4.79 Å². The van der Waals surface area contributed by atoms with Gasteiger partial charge in [-0.3, -0.25) is 4.79 Å². The van der Waals surface area contributed by atoms with Crippen molar-refractivity contribution in [2.24, 2.45) is 11.7 Å². The molecular weight excluding hydrogens is 224 g/mol.